The molecule has 0 spiro atoms. The third-order valence-electron chi connectivity index (χ3n) is 2.73. The van der Waals surface area contributed by atoms with Crippen molar-refractivity contribution in [2.24, 2.45) is 0 Å². The smallest absolute Gasteiger partial charge is 0.160 e. The van der Waals surface area contributed by atoms with E-state index >= 15 is 0 Å². The highest BCUT2D eigenvalue weighted by Crippen LogP contribution is 2.40. The molecule has 1 N–H and O–H groups in total. The van der Waals surface area contributed by atoms with E-state index < -0.39 is 0 Å². The fourth-order valence-corrected chi connectivity index (χ4v) is 4.82. The molecular formula is C14H10O2S3. The summed E-state index contributed by atoms with van der Waals surface area (Å²) in [4.78, 5) is 16.0. The topological polar surface area (TPSA) is 37.3 Å². The van der Waals surface area contributed by atoms with E-state index in [4.69, 9.17) is 0 Å². The molecule has 0 unspecified atom stereocenters. The summed E-state index contributed by atoms with van der Waals surface area (Å²) in [5.74, 6) is 0. The van der Waals surface area contributed by atoms with Gasteiger partial charge in [-0.2, -0.15) is 0 Å². The maximum atomic E-state index is 10.7. The number of aliphatic hydroxyl groups is 1. The van der Waals surface area contributed by atoms with Crippen molar-refractivity contribution in [2.45, 2.75) is 6.61 Å². The number of carbonyl (C=O) groups excluding carboxylic acids is 1. The first-order valence-electron chi connectivity index (χ1n) is 5.64. The molecule has 0 aliphatic rings. The molecule has 0 aromatic carbocycles. The third-order valence-corrected chi connectivity index (χ3v) is 6.16. The molecular weight excluding hydrogens is 296 g/mol. The highest BCUT2D eigenvalue weighted by Gasteiger charge is 2.11. The van der Waals surface area contributed by atoms with Gasteiger partial charge in [0, 0.05) is 19.5 Å². The fourth-order valence-electron chi connectivity index (χ4n) is 1.82. The highest BCUT2D eigenvalue weighted by atomic mass is 32.1. The van der Waals surface area contributed by atoms with Gasteiger partial charge in [-0.3, -0.25) is 4.79 Å². The van der Waals surface area contributed by atoms with Crippen LogP contribution in [0.4, 0.5) is 0 Å². The van der Waals surface area contributed by atoms with E-state index in [-0.39, 0.29) is 6.61 Å². The second-order valence-corrected chi connectivity index (χ2v) is 7.03. The van der Waals surface area contributed by atoms with Crippen molar-refractivity contribution in [3.05, 3.63) is 46.2 Å². The molecule has 0 bridgehead atoms. The summed E-state index contributed by atoms with van der Waals surface area (Å²) in [5, 5.41) is 11.3. The Morgan fingerprint density at radius 3 is 2.47 bits per heavy atom. The van der Waals surface area contributed by atoms with E-state index in [2.05, 4.69) is 12.1 Å². The molecule has 0 amide bonds. The molecule has 3 rings (SSSR count). The van der Waals surface area contributed by atoms with Crippen LogP contribution in [-0.2, 0) is 6.61 Å². The standard InChI is InChI=1S/C14H10O2S3/c15-7-9-5-6-17-14(9)13-4-3-12(19-13)11-2-1-10(8-16)18-11/h1-6,8,15H,7H2. The second kappa shape index (κ2) is 5.38. The molecule has 5 heteroatoms. The van der Waals surface area contributed by atoms with Gasteiger partial charge in [0.1, 0.15) is 0 Å². The molecule has 0 radical (unpaired) electrons. The first-order chi connectivity index (χ1) is 9.31. The SMILES string of the molecule is O=Cc1ccc(-c2ccc(-c3sccc3CO)s2)s1. The van der Waals surface area contributed by atoms with Crippen molar-refractivity contribution in [2.75, 3.05) is 0 Å². The number of aliphatic hydroxyl groups excluding tert-OH is 1. The van der Waals surface area contributed by atoms with Crippen molar-refractivity contribution in [3.63, 3.8) is 0 Å². The third kappa shape index (κ3) is 2.42. The normalized spacial score (nSPS) is 10.8. The van der Waals surface area contributed by atoms with Gasteiger partial charge in [0.2, 0.25) is 0 Å². The zero-order valence-corrected chi connectivity index (χ0v) is 12.3. The van der Waals surface area contributed by atoms with E-state index in [9.17, 15) is 9.90 Å². The van der Waals surface area contributed by atoms with Gasteiger partial charge in [-0.05, 0) is 41.3 Å². The zero-order chi connectivity index (χ0) is 13.2. The van der Waals surface area contributed by atoms with Crippen LogP contribution in [0.3, 0.4) is 0 Å². The van der Waals surface area contributed by atoms with E-state index in [1.807, 2.05) is 23.6 Å². The lowest BCUT2D eigenvalue weighted by atomic mass is 10.2. The summed E-state index contributed by atoms with van der Waals surface area (Å²) in [6, 6.07) is 9.92. The highest BCUT2D eigenvalue weighted by molar-refractivity contribution is 7.26. The molecule has 3 aromatic heterocycles. The average Bonchev–Trinajstić information content (AvgIpc) is 3.16. The minimum Gasteiger partial charge on any atom is -0.392 e. The number of rotatable bonds is 4. The predicted octanol–water partition coefficient (Wildman–Crippen LogP) is 4.51. The molecule has 3 heterocycles. The molecule has 0 saturated carbocycles. The van der Waals surface area contributed by atoms with Crippen molar-refractivity contribution in [3.8, 4) is 19.5 Å². The first kappa shape index (κ1) is 12.7. The van der Waals surface area contributed by atoms with Crippen LogP contribution in [0, 0.1) is 0 Å². The second-order valence-electron chi connectivity index (χ2n) is 3.92. The van der Waals surface area contributed by atoms with Crippen molar-refractivity contribution < 1.29 is 9.90 Å². The Balaban J connectivity index is 1.97. The molecule has 96 valence electrons. The molecule has 3 aromatic rings. The van der Waals surface area contributed by atoms with Crippen LogP contribution < -0.4 is 0 Å². The Morgan fingerprint density at radius 2 is 1.74 bits per heavy atom. The number of aldehydes is 1. The Hall–Kier alpha value is -1.27. The lowest BCUT2D eigenvalue weighted by Gasteiger charge is -1.96. The first-order valence-corrected chi connectivity index (χ1v) is 8.16. The summed E-state index contributed by atoms with van der Waals surface area (Å²) in [7, 11) is 0. The van der Waals surface area contributed by atoms with E-state index in [1.165, 1.54) is 11.3 Å². The van der Waals surface area contributed by atoms with E-state index in [0.717, 1.165) is 36.2 Å². The van der Waals surface area contributed by atoms with Crippen molar-refractivity contribution in [1.29, 1.82) is 0 Å². The molecule has 0 saturated heterocycles. The number of hydrogen-bond donors (Lipinski definition) is 1. The lowest BCUT2D eigenvalue weighted by Crippen LogP contribution is -1.79. The number of hydrogen-bond acceptors (Lipinski definition) is 5. The van der Waals surface area contributed by atoms with Gasteiger partial charge in [0.15, 0.2) is 6.29 Å². The molecule has 19 heavy (non-hydrogen) atoms. The largest absolute Gasteiger partial charge is 0.392 e. The molecule has 0 aliphatic heterocycles. The van der Waals surface area contributed by atoms with Gasteiger partial charge in [-0.1, -0.05) is 0 Å². The van der Waals surface area contributed by atoms with Crippen molar-refractivity contribution >= 4 is 40.3 Å². The van der Waals surface area contributed by atoms with Gasteiger partial charge in [0.25, 0.3) is 0 Å². The van der Waals surface area contributed by atoms with Crippen LogP contribution in [-0.4, -0.2) is 11.4 Å². The molecule has 2 nitrogen and oxygen atoms in total. The summed E-state index contributed by atoms with van der Waals surface area (Å²) in [6.45, 7) is 0.0698. The maximum absolute atomic E-state index is 10.7. The predicted molar refractivity (Wildman–Crippen MR) is 82.3 cm³/mol. The minimum atomic E-state index is 0.0698. The van der Waals surface area contributed by atoms with E-state index in [0.29, 0.717) is 0 Å². The van der Waals surface area contributed by atoms with Crippen LogP contribution in [0.25, 0.3) is 19.5 Å². The molecule has 0 aliphatic carbocycles. The van der Waals surface area contributed by atoms with E-state index in [1.54, 1.807) is 22.7 Å². The maximum Gasteiger partial charge on any atom is 0.160 e. The van der Waals surface area contributed by atoms with Crippen LogP contribution >= 0.6 is 34.0 Å². The fraction of sp³-hybridized carbons (Fsp3) is 0.0714. The summed E-state index contributed by atoms with van der Waals surface area (Å²) in [6.07, 6.45) is 0.881. The number of carbonyl (C=O) groups is 1. The summed E-state index contributed by atoms with van der Waals surface area (Å²) < 4.78 is 0. The summed E-state index contributed by atoms with van der Waals surface area (Å²) >= 11 is 4.84. The Morgan fingerprint density at radius 1 is 1.00 bits per heavy atom. The quantitative estimate of drug-likeness (QED) is 0.720. The zero-order valence-electron chi connectivity index (χ0n) is 9.83. The lowest BCUT2D eigenvalue weighted by molar-refractivity contribution is 0.112. The average molecular weight is 306 g/mol. The van der Waals surface area contributed by atoms with Gasteiger partial charge >= 0.3 is 0 Å². The monoisotopic (exact) mass is 306 g/mol. The van der Waals surface area contributed by atoms with Gasteiger partial charge < -0.3 is 5.11 Å². The number of thiophene rings is 3. The van der Waals surface area contributed by atoms with Crippen LogP contribution in [0.2, 0.25) is 0 Å². The minimum absolute atomic E-state index is 0.0698. The van der Waals surface area contributed by atoms with Gasteiger partial charge in [-0.15, -0.1) is 34.0 Å². The van der Waals surface area contributed by atoms with Crippen molar-refractivity contribution in [1.82, 2.24) is 0 Å². The molecule has 0 atom stereocenters. The Bertz CT molecular complexity index is 706. The summed E-state index contributed by atoms with van der Waals surface area (Å²) in [5.41, 5.74) is 0.971. The van der Waals surface area contributed by atoms with Crippen LogP contribution in [0.15, 0.2) is 35.7 Å². The van der Waals surface area contributed by atoms with Gasteiger partial charge in [0.05, 0.1) is 11.5 Å². The van der Waals surface area contributed by atoms with Crippen LogP contribution in [0.5, 0.6) is 0 Å². The Labute approximate surface area is 122 Å². The Kier molecular flexibility index (Phi) is 3.61. The molecule has 0 fully saturated rings. The van der Waals surface area contributed by atoms with Crippen LogP contribution in [0.1, 0.15) is 15.2 Å². The van der Waals surface area contributed by atoms with Gasteiger partial charge in [-0.25, -0.2) is 0 Å².